The van der Waals surface area contributed by atoms with Crippen LogP contribution in [0, 0.1) is 5.41 Å². The summed E-state index contributed by atoms with van der Waals surface area (Å²) in [6, 6.07) is -0.0707. The third kappa shape index (κ3) is 4.35. The molecule has 2 heterocycles. The molecule has 0 aromatic carbocycles. The van der Waals surface area contributed by atoms with Crippen LogP contribution in [0.3, 0.4) is 0 Å². The minimum Gasteiger partial charge on any atom is -0.481 e. The van der Waals surface area contributed by atoms with Gasteiger partial charge in [0.05, 0.1) is 6.42 Å². The number of carbonyl (C=O) groups is 2. The third-order valence-corrected chi connectivity index (χ3v) is 4.89. The molecule has 0 radical (unpaired) electrons. The Bertz CT molecular complexity index is 395. The van der Waals surface area contributed by atoms with Gasteiger partial charge >= 0.3 is 12.0 Å². The number of rotatable bonds is 2. The van der Waals surface area contributed by atoms with E-state index in [-0.39, 0.29) is 18.5 Å². The lowest BCUT2D eigenvalue weighted by atomic mass is 9.85. The number of carboxylic acid groups (broad SMARTS) is 1. The van der Waals surface area contributed by atoms with Gasteiger partial charge in [-0.2, -0.15) is 0 Å². The van der Waals surface area contributed by atoms with E-state index in [4.69, 9.17) is 5.11 Å². The molecule has 1 N–H and O–H groups in total. The molecule has 120 valence electrons. The summed E-state index contributed by atoms with van der Waals surface area (Å²) in [5.74, 6) is -0.809. The molecule has 0 aromatic heterocycles. The van der Waals surface area contributed by atoms with Gasteiger partial charge in [0.25, 0.3) is 0 Å². The van der Waals surface area contributed by atoms with Crippen molar-refractivity contribution in [1.29, 1.82) is 0 Å². The molecule has 0 spiro atoms. The van der Waals surface area contributed by atoms with E-state index in [0.717, 1.165) is 51.6 Å². The molecule has 0 bridgehead atoms. The van der Waals surface area contributed by atoms with Crippen molar-refractivity contribution in [3.8, 4) is 0 Å². The van der Waals surface area contributed by atoms with Crippen molar-refractivity contribution in [1.82, 2.24) is 9.80 Å². The molecule has 2 amide bonds. The van der Waals surface area contributed by atoms with E-state index in [9.17, 15) is 9.59 Å². The van der Waals surface area contributed by atoms with Crippen molar-refractivity contribution in [3.63, 3.8) is 0 Å². The highest BCUT2D eigenvalue weighted by Gasteiger charge is 2.33. The molecule has 2 saturated heterocycles. The standard InChI is InChI=1S/C16H28N2O3/c1-16(2)7-5-9-17(11-8-16)15(21)18-10-4-3-6-13(18)12-14(19)20/h13H,3-12H2,1-2H3,(H,19,20). The summed E-state index contributed by atoms with van der Waals surface area (Å²) < 4.78 is 0. The monoisotopic (exact) mass is 296 g/mol. The van der Waals surface area contributed by atoms with Crippen molar-refractivity contribution in [2.75, 3.05) is 19.6 Å². The first-order valence-electron chi connectivity index (χ1n) is 8.16. The maximum atomic E-state index is 12.8. The molecule has 2 fully saturated rings. The molecule has 5 heteroatoms. The maximum Gasteiger partial charge on any atom is 0.320 e. The fourth-order valence-corrected chi connectivity index (χ4v) is 3.46. The van der Waals surface area contributed by atoms with Crippen LogP contribution in [-0.2, 0) is 4.79 Å². The van der Waals surface area contributed by atoms with Crippen LogP contribution in [0.5, 0.6) is 0 Å². The van der Waals surface area contributed by atoms with Crippen LogP contribution < -0.4 is 0 Å². The van der Waals surface area contributed by atoms with Crippen molar-refractivity contribution in [3.05, 3.63) is 0 Å². The van der Waals surface area contributed by atoms with Gasteiger partial charge in [0, 0.05) is 25.7 Å². The van der Waals surface area contributed by atoms with Crippen molar-refractivity contribution < 1.29 is 14.7 Å². The van der Waals surface area contributed by atoms with Crippen LogP contribution in [0.15, 0.2) is 0 Å². The number of hydrogen-bond donors (Lipinski definition) is 1. The number of carboxylic acids is 1. The van der Waals surface area contributed by atoms with E-state index in [0.29, 0.717) is 12.0 Å². The first-order valence-corrected chi connectivity index (χ1v) is 8.16. The largest absolute Gasteiger partial charge is 0.481 e. The Morgan fingerprint density at radius 3 is 2.57 bits per heavy atom. The first-order chi connectivity index (χ1) is 9.89. The van der Waals surface area contributed by atoms with Gasteiger partial charge in [-0.05, 0) is 43.9 Å². The van der Waals surface area contributed by atoms with E-state index < -0.39 is 5.97 Å². The Morgan fingerprint density at radius 2 is 1.86 bits per heavy atom. The lowest BCUT2D eigenvalue weighted by molar-refractivity contribution is -0.138. The van der Waals surface area contributed by atoms with Crippen molar-refractivity contribution in [2.24, 2.45) is 5.41 Å². The van der Waals surface area contributed by atoms with E-state index in [1.54, 1.807) is 0 Å². The molecule has 0 saturated carbocycles. The predicted octanol–water partition coefficient (Wildman–Crippen LogP) is 2.95. The lowest BCUT2D eigenvalue weighted by Crippen LogP contribution is -2.51. The summed E-state index contributed by atoms with van der Waals surface area (Å²) in [6.45, 7) is 6.82. The summed E-state index contributed by atoms with van der Waals surface area (Å²) in [7, 11) is 0. The average Bonchev–Trinajstić information content (AvgIpc) is 2.59. The highest BCUT2D eigenvalue weighted by atomic mass is 16.4. The molecule has 2 aliphatic rings. The van der Waals surface area contributed by atoms with Gasteiger partial charge in [-0.25, -0.2) is 4.79 Å². The quantitative estimate of drug-likeness (QED) is 0.852. The van der Waals surface area contributed by atoms with Crippen LogP contribution in [0.25, 0.3) is 0 Å². The SMILES string of the molecule is CC1(C)CCCN(C(=O)N2CCCCC2CC(=O)O)CC1. The summed E-state index contributed by atoms with van der Waals surface area (Å²) in [6.07, 6.45) is 6.11. The van der Waals surface area contributed by atoms with Crippen molar-refractivity contribution in [2.45, 2.75) is 64.8 Å². The number of amides is 2. The molecule has 0 aromatic rings. The van der Waals surface area contributed by atoms with Crippen LogP contribution >= 0.6 is 0 Å². The van der Waals surface area contributed by atoms with Gasteiger partial charge in [-0.15, -0.1) is 0 Å². The number of nitrogens with zero attached hydrogens (tertiary/aromatic N) is 2. The fourth-order valence-electron chi connectivity index (χ4n) is 3.46. The second-order valence-corrected chi connectivity index (χ2v) is 7.23. The second-order valence-electron chi connectivity index (χ2n) is 7.23. The van der Waals surface area contributed by atoms with E-state index in [1.165, 1.54) is 0 Å². The summed E-state index contributed by atoms with van der Waals surface area (Å²) >= 11 is 0. The highest BCUT2D eigenvalue weighted by Crippen LogP contribution is 2.31. The normalized spacial score (nSPS) is 26.3. The van der Waals surface area contributed by atoms with E-state index >= 15 is 0 Å². The van der Waals surface area contributed by atoms with Crippen LogP contribution in [0.2, 0.25) is 0 Å². The van der Waals surface area contributed by atoms with Gasteiger partial charge < -0.3 is 14.9 Å². The molecule has 2 aliphatic heterocycles. The zero-order valence-corrected chi connectivity index (χ0v) is 13.3. The van der Waals surface area contributed by atoms with Crippen LogP contribution in [0.1, 0.15) is 58.8 Å². The maximum absolute atomic E-state index is 12.8. The van der Waals surface area contributed by atoms with E-state index in [1.807, 2.05) is 9.80 Å². The molecule has 2 rings (SSSR count). The fraction of sp³-hybridized carbons (Fsp3) is 0.875. The van der Waals surface area contributed by atoms with Gasteiger partial charge in [0.2, 0.25) is 0 Å². The molecule has 0 aliphatic carbocycles. The minimum atomic E-state index is -0.809. The summed E-state index contributed by atoms with van der Waals surface area (Å²) in [5, 5.41) is 9.04. The first kappa shape index (κ1) is 16.1. The van der Waals surface area contributed by atoms with Crippen molar-refractivity contribution >= 4 is 12.0 Å². The van der Waals surface area contributed by atoms with Gasteiger partial charge in [-0.3, -0.25) is 4.79 Å². The van der Waals surface area contributed by atoms with Gasteiger partial charge in [0.15, 0.2) is 0 Å². The predicted molar refractivity (Wildman–Crippen MR) is 81.2 cm³/mol. The molecular formula is C16H28N2O3. The number of piperidine rings is 1. The molecule has 1 atom stereocenters. The number of carbonyl (C=O) groups excluding carboxylic acids is 1. The summed E-state index contributed by atoms with van der Waals surface area (Å²) in [5.41, 5.74) is 0.303. The van der Waals surface area contributed by atoms with Crippen LogP contribution in [0.4, 0.5) is 4.79 Å². The highest BCUT2D eigenvalue weighted by molar-refractivity contribution is 5.76. The number of urea groups is 1. The Kier molecular flexibility index (Phi) is 5.12. The average molecular weight is 296 g/mol. The number of hydrogen-bond acceptors (Lipinski definition) is 2. The summed E-state index contributed by atoms with van der Waals surface area (Å²) in [4.78, 5) is 27.5. The topological polar surface area (TPSA) is 60.9 Å². The Labute approximate surface area is 127 Å². The zero-order chi connectivity index (χ0) is 15.5. The molecule has 1 unspecified atom stereocenters. The third-order valence-electron chi connectivity index (χ3n) is 4.89. The minimum absolute atomic E-state index is 0.0543. The molecule has 21 heavy (non-hydrogen) atoms. The lowest BCUT2D eigenvalue weighted by Gasteiger charge is -2.38. The second kappa shape index (κ2) is 6.67. The zero-order valence-electron chi connectivity index (χ0n) is 13.3. The number of likely N-dealkylation sites (tertiary alicyclic amines) is 2. The van der Waals surface area contributed by atoms with E-state index in [2.05, 4.69) is 13.8 Å². The van der Waals surface area contributed by atoms with Gasteiger partial charge in [0.1, 0.15) is 0 Å². The Hall–Kier alpha value is -1.26. The Morgan fingerprint density at radius 1 is 1.10 bits per heavy atom. The number of aliphatic carboxylic acids is 1. The Balaban J connectivity index is 2.01. The molecular weight excluding hydrogens is 268 g/mol. The smallest absolute Gasteiger partial charge is 0.320 e. The van der Waals surface area contributed by atoms with Gasteiger partial charge in [-0.1, -0.05) is 13.8 Å². The molecule has 5 nitrogen and oxygen atoms in total. The van der Waals surface area contributed by atoms with Crippen LogP contribution in [-0.4, -0.2) is 52.6 Å².